The Morgan fingerprint density at radius 2 is 1.78 bits per heavy atom. The molecule has 6 heteroatoms. The van der Waals surface area contributed by atoms with Crippen LogP contribution in [0.25, 0.3) is 11.1 Å². The lowest BCUT2D eigenvalue weighted by Gasteiger charge is -2.08. The van der Waals surface area contributed by atoms with E-state index in [9.17, 15) is 13.0 Å². The van der Waals surface area contributed by atoms with Crippen molar-refractivity contribution in [1.29, 1.82) is 0 Å². The van der Waals surface area contributed by atoms with E-state index in [0.717, 1.165) is 3.57 Å². The average Bonchev–Trinajstić information content (AvgIpc) is 2.32. The molecule has 0 spiro atoms. The Bertz CT molecular complexity index is 698. The minimum atomic E-state index is -4.25. The molecule has 0 atom stereocenters. The fraction of sp³-hybridized carbons (Fsp3) is 0. The standard InChI is InChI=1S/C12H10INO3S/c13-10-6-5-8(7-11(10)14)9-3-1-2-4-12(9)18(15,16)17/h1-7H,14H2,(H,15,16,17). The van der Waals surface area contributed by atoms with Crippen molar-refractivity contribution in [1.82, 2.24) is 0 Å². The third-order valence-electron chi connectivity index (χ3n) is 2.47. The summed E-state index contributed by atoms with van der Waals surface area (Å²) in [6.45, 7) is 0. The molecule has 0 amide bonds. The monoisotopic (exact) mass is 375 g/mol. The quantitative estimate of drug-likeness (QED) is 0.481. The van der Waals surface area contributed by atoms with Gasteiger partial charge in [0.05, 0.1) is 0 Å². The molecule has 2 rings (SSSR count). The highest BCUT2D eigenvalue weighted by molar-refractivity contribution is 14.1. The van der Waals surface area contributed by atoms with Crippen LogP contribution in [0.5, 0.6) is 0 Å². The first kappa shape index (κ1) is 13.3. The zero-order chi connectivity index (χ0) is 13.3. The predicted molar refractivity (Wildman–Crippen MR) is 78.8 cm³/mol. The first-order valence-corrected chi connectivity index (χ1v) is 7.53. The van der Waals surface area contributed by atoms with Gasteiger partial charge >= 0.3 is 0 Å². The molecule has 0 bridgehead atoms. The van der Waals surface area contributed by atoms with Gasteiger partial charge in [0.15, 0.2) is 0 Å². The summed E-state index contributed by atoms with van der Waals surface area (Å²) in [6, 6.07) is 11.5. The third-order valence-corrected chi connectivity index (χ3v) is 4.37. The SMILES string of the molecule is Nc1cc(-c2ccccc2S(=O)(=O)O)ccc1I. The summed E-state index contributed by atoms with van der Waals surface area (Å²) in [5.74, 6) is 0. The zero-order valence-electron chi connectivity index (χ0n) is 9.17. The topological polar surface area (TPSA) is 80.4 Å². The number of benzene rings is 2. The number of anilines is 1. The van der Waals surface area contributed by atoms with Crippen LogP contribution in [0.1, 0.15) is 0 Å². The van der Waals surface area contributed by atoms with E-state index in [-0.39, 0.29) is 4.90 Å². The van der Waals surface area contributed by atoms with Crippen molar-refractivity contribution in [2.24, 2.45) is 0 Å². The van der Waals surface area contributed by atoms with Gasteiger partial charge in [-0.2, -0.15) is 8.42 Å². The van der Waals surface area contributed by atoms with E-state index in [1.807, 2.05) is 0 Å². The van der Waals surface area contributed by atoms with Gasteiger partial charge in [0.1, 0.15) is 4.90 Å². The maximum absolute atomic E-state index is 11.3. The van der Waals surface area contributed by atoms with Gasteiger partial charge in [-0.05, 0) is 46.4 Å². The van der Waals surface area contributed by atoms with Crippen LogP contribution in [-0.4, -0.2) is 13.0 Å². The van der Waals surface area contributed by atoms with Gasteiger partial charge in [-0.1, -0.05) is 24.3 Å². The second kappa shape index (κ2) is 4.87. The predicted octanol–water partition coefficient (Wildman–Crippen LogP) is 2.79. The average molecular weight is 375 g/mol. The number of nitrogen functional groups attached to an aromatic ring is 1. The third kappa shape index (κ3) is 2.65. The summed E-state index contributed by atoms with van der Waals surface area (Å²) in [7, 11) is -4.25. The first-order chi connectivity index (χ1) is 8.39. The molecule has 0 aromatic heterocycles. The highest BCUT2D eigenvalue weighted by atomic mass is 127. The Hall–Kier alpha value is -1.12. The molecule has 0 saturated carbocycles. The van der Waals surface area contributed by atoms with Gasteiger partial charge in [-0.25, -0.2) is 0 Å². The molecule has 0 aliphatic carbocycles. The summed E-state index contributed by atoms with van der Waals surface area (Å²) in [5.41, 5.74) is 7.45. The molecule has 2 aromatic carbocycles. The largest absolute Gasteiger partial charge is 0.398 e. The fourth-order valence-corrected chi connectivity index (χ4v) is 2.69. The van der Waals surface area contributed by atoms with E-state index >= 15 is 0 Å². The van der Waals surface area contributed by atoms with Gasteiger partial charge < -0.3 is 5.73 Å². The van der Waals surface area contributed by atoms with Crippen LogP contribution < -0.4 is 5.73 Å². The van der Waals surface area contributed by atoms with Crippen LogP contribution in [0.3, 0.4) is 0 Å². The van der Waals surface area contributed by atoms with Crippen molar-refractivity contribution >= 4 is 38.4 Å². The number of hydrogen-bond donors (Lipinski definition) is 2. The van der Waals surface area contributed by atoms with E-state index in [0.29, 0.717) is 16.8 Å². The van der Waals surface area contributed by atoms with Crippen LogP contribution in [0.2, 0.25) is 0 Å². The number of halogens is 1. The normalized spacial score (nSPS) is 11.4. The van der Waals surface area contributed by atoms with Crippen molar-refractivity contribution in [3.05, 3.63) is 46.0 Å². The molecule has 18 heavy (non-hydrogen) atoms. The molecule has 4 nitrogen and oxygen atoms in total. The van der Waals surface area contributed by atoms with Gasteiger partial charge in [0.2, 0.25) is 0 Å². The Labute approximate surface area is 119 Å². The molecule has 0 saturated heterocycles. The molecule has 0 aliphatic heterocycles. The molecular formula is C12H10INO3S. The molecule has 3 N–H and O–H groups in total. The maximum atomic E-state index is 11.3. The fourth-order valence-electron chi connectivity index (χ4n) is 1.64. The molecule has 0 unspecified atom stereocenters. The number of rotatable bonds is 2. The van der Waals surface area contributed by atoms with Crippen LogP contribution in [0, 0.1) is 3.57 Å². The van der Waals surface area contributed by atoms with Gasteiger partial charge in [0, 0.05) is 14.8 Å². The van der Waals surface area contributed by atoms with E-state index in [2.05, 4.69) is 22.6 Å². The second-order valence-electron chi connectivity index (χ2n) is 3.71. The molecule has 0 radical (unpaired) electrons. The van der Waals surface area contributed by atoms with Crippen molar-refractivity contribution in [2.75, 3.05) is 5.73 Å². The van der Waals surface area contributed by atoms with E-state index in [1.54, 1.807) is 36.4 Å². The highest BCUT2D eigenvalue weighted by Crippen LogP contribution is 2.29. The van der Waals surface area contributed by atoms with Crippen molar-refractivity contribution in [3.8, 4) is 11.1 Å². The summed E-state index contributed by atoms with van der Waals surface area (Å²) in [4.78, 5) is -0.120. The lowest BCUT2D eigenvalue weighted by atomic mass is 10.1. The highest BCUT2D eigenvalue weighted by Gasteiger charge is 2.16. The molecule has 0 aliphatic rings. The number of nitrogens with two attached hydrogens (primary N) is 1. The second-order valence-corrected chi connectivity index (χ2v) is 6.26. The van der Waals surface area contributed by atoms with Crippen molar-refractivity contribution in [2.45, 2.75) is 4.90 Å². The Balaban J connectivity index is 2.68. The molecule has 94 valence electrons. The molecular weight excluding hydrogens is 365 g/mol. The summed E-state index contributed by atoms with van der Waals surface area (Å²) < 4.78 is 32.7. The van der Waals surface area contributed by atoms with Gasteiger partial charge in [0.25, 0.3) is 10.1 Å². The van der Waals surface area contributed by atoms with Gasteiger partial charge in [-0.3, -0.25) is 4.55 Å². The zero-order valence-corrected chi connectivity index (χ0v) is 12.1. The smallest absolute Gasteiger partial charge is 0.295 e. The summed E-state index contributed by atoms with van der Waals surface area (Å²) in [5, 5.41) is 0. The minimum Gasteiger partial charge on any atom is -0.398 e. The van der Waals surface area contributed by atoms with Crippen molar-refractivity contribution in [3.63, 3.8) is 0 Å². The first-order valence-electron chi connectivity index (χ1n) is 5.01. The Morgan fingerprint density at radius 3 is 2.39 bits per heavy atom. The van der Waals surface area contributed by atoms with E-state index in [4.69, 9.17) is 5.73 Å². The Morgan fingerprint density at radius 1 is 1.11 bits per heavy atom. The maximum Gasteiger partial charge on any atom is 0.295 e. The van der Waals surface area contributed by atoms with Crippen molar-refractivity contribution < 1.29 is 13.0 Å². The van der Waals surface area contributed by atoms with E-state index < -0.39 is 10.1 Å². The Kier molecular flexibility index (Phi) is 3.60. The minimum absolute atomic E-state index is 0.120. The number of hydrogen-bond acceptors (Lipinski definition) is 3. The lowest BCUT2D eigenvalue weighted by molar-refractivity contribution is 0.483. The molecule has 0 heterocycles. The summed E-state index contributed by atoms with van der Waals surface area (Å²) in [6.07, 6.45) is 0. The molecule has 2 aromatic rings. The molecule has 0 fully saturated rings. The van der Waals surface area contributed by atoms with Gasteiger partial charge in [-0.15, -0.1) is 0 Å². The van der Waals surface area contributed by atoms with Crippen LogP contribution in [0.15, 0.2) is 47.4 Å². The lowest BCUT2D eigenvalue weighted by Crippen LogP contribution is -2.01. The van der Waals surface area contributed by atoms with Crippen LogP contribution in [0.4, 0.5) is 5.69 Å². The summed E-state index contributed by atoms with van der Waals surface area (Å²) >= 11 is 2.09. The van der Waals surface area contributed by atoms with Crippen LogP contribution in [-0.2, 0) is 10.1 Å². The van der Waals surface area contributed by atoms with E-state index in [1.165, 1.54) is 6.07 Å². The van der Waals surface area contributed by atoms with Crippen LogP contribution >= 0.6 is 22.6 Å².